The number of anilines is 1. The molecular weight excluding hydrogens is 428 g/mol. The number of nitrogen functional groups attached to an aromatic ring is 1. The van der Waals surface area contributed by atoms with E-state index in [1.807, 2.05) is 4.68 Å². The molecular formula is C23H19F2N7O. The summed E-state index contributed by atoms with van der Waals surface area (Å²) >= 11 is 0. The quantitative estimate of drug-likeness (QED) is 0.466. The molecule has 10 heteroatoms. The molecule has 1 aliphatic rings. The molecule has 0 amide bonds. The highest BCUT2D eigenvalue weighted by molar-refractivity contribution is 5.98. The average Bonchev–Trinajstić information content (AvgIpc) is 3.22. The number of rotatable bonds is 4. The molecule has 0 saturated carbocycles. The van der Waals surface area contributed by atoms with E-state index in [0.29, 0.717) is 34.8 Å². The van der Waals surface area contributed by atoms with E-state index in [4.69, 9.17) is 15.6 Å². The topological polar surface area (TPSA) is 106 Å². The maximum absolute atomic E-state index is 13.9. The molecule has 2 N–H and O–H groups in total. The summed E-state index contributed by atoms with van der Waals surface area (Å²) < 4.78 is 34.4. The number of nitrogens with two attached hydrogens (primary N) is 1. The van der Waals surface area contributed by atoms with Crippen LogP contribution in [0, 0.1) is 23.1 Å². The Morgan fingerprint density at radius 3 is 2.70 bits per heavy atom. The van der Waals surface area contributed by atoms with Gasteiger partial charge in [0.2, 0.25) is 0 Å². The Morgan fingerprint density at radius 1 is 1.12 bits per heavy atom. The van der Waals surface area contributed by atoms with E-state index in [1.165, 1.54) is 12.4 Å². The van der Waals surface area contributed by atoms with Crippen molar-refractivity contribution in [2.24, 2.45) is 0 Å². The molecule has 33 heavy (non-hydrogen) atoms. The van der Waals surface area contributed by atoms with Crippen molar-refractivity contribution in [3.05, 3.63) is 60.4 Å². The molecule has 166 valence electrons. The maximum Gasteiger partial charge on any atom is 0.179 e. The number of piperidine rings is 1. The van der Waals surface area contributed by atoms with Gasteiger partial charge in [-0.15, -0.1) is 0 Å². The highest BCUT2D eigenvalue weighted by Gasteiger charge is 2.26. The molecule has 0 aliphatic carbocycles. The Labute approximate surface area is 187 Å². The Morgan fingerprint density at radius 2 is 1.94 bits per heavy atom. The van der Waals surface area contributed by atoms with Gasteiger partial charge in [-0.1, -0.05) is 0 Å². The van der Waals surface area contributed by atoms with Crippen LogP contribution in [0.15, 0.2) is 48.8 Å². The SMILES string of the molecule is N#CN1CCCC(n2nc(-c3ccc(Oc4ccc(F)cc4F)cc3)c3c(N)ncnc32)C1. The largest absolute Gasteiger partial charge is 0.454 e. The normalized spacial score (nSPS) is 16.0. The second-order valence-corrected chi connectivity index (χ2v) is 7.79. The molecule has 5 rings (SSSR count). The third-order valence-electron chi connectivity index (χ3n) is 5.65. The summed E-state index contributed by atoms with van der Waals surface area (Å²) in [5.74, 6) is -0.839. The predicted octanol–water partition coefficient (Wildman–Crippen LogP) is 4.26. The van der Waals surface area contributed by atoms with Gasteiger partial charge in [0.25, 0.3) is 0 Å². The lowest BCUT2D eigenvalue weighted by Crippen LogP contribution is -2.33. The van der Waals surface area contributed by atoms with E-state index in [9.17, 15) is 14.0 Å². The Hall–Kier alpha value is -4.26. The van der Waals surface area contributed by atoms with Crippen LogP contribution in [0.4, 0.5) is 14.6 Å². The molecule has 1 fully saturated rings. The number of aromatic nitrogens is 4. The van der Waals surface area contributed by atoms with Crippen molar-refractivity contribution >= 4 is 16.9 Å². The van der Waals surface area contributed by atoms with Crippen molar-refractivity contribution in [3.63, 3.8) is 0 Å². The molecule has 0 radical (unpaired) electrons. The first kappa shape index (κ1) is 20.6. The average molecular weight is 447 g/mol. The molecule has 0 spiro atoms. The van der Waals surface area contributed by atoms with Gasteiger partial charge in [0.1, 0.15) is 29.4 Å². The summed E-state index contributed by atoms with van der Waals surface area (Å²) in [6.45, 7) is 1.28. The second kappa shape index (κ2) is 8.35. The van der Waals surface area contributed by atoms with Gasteiger partial charge in [-0.2, -0.15) is 10.4 Å². The van der Waals surface area contributed by atoms with Gasteiger partial charge in [0.05, 0.1) is 18.0 Å². The van der Waals surface area contributed by atoms with Crippen molar-refractivity contribution in [1.82, 2.24) is 24.6 Å². The molecule has 1 saturated heterocycles. The first-order valence-electron chi connectivity index (χ1n) is 10.4. The first-order valence-corrected chi connectivity index (χ1v) is 10.4. The van der Waals surface area contributed by atoms with Crippen LogP contribution in [0.1, 0.15) is 18.9 Å². The summed E-state index contributed by atoms with van der Waals surface area (Å²) in [5, 5.41) is 14.7. The van der Waals surface area contributed by atoms with Gasteiger partial charge in [0.15, 0.2) is 23.4 Å². The molecule has 1 aliphatic heterocycles. The van der Waals surface area contributed by atoms with Gasteiger partial charge in [-0.05, 0) is 49.2 Å². The van der Waals surface area contributed by atoms with E-state index in [0.717, 1.165) is 37.1 Å². The minimum absolute atomic E-state index is 0.0204. The highest BCUT2D eigenvalue weighted by atomic mass is 19.1. The van der Waals surface area contributed by atoms with Crippen LogP contribution in [0.25, 0.3) is 22.3 Å². The molecule has 2 aromatic heterocycles. The smallest absolute Gasteiger partial charge is 0.179 e. The predicted molar refractivity (Wildman–Crippen MR) is 117 cm³/mol. The molecule has 1 atom stereocenters. The van der Waals surface area contributed by atoms with Crippen molar-refractivity contribution < 1.29 is 13.5 Å². The summed E-state index contributed by atoms with van der Waals surface area (Å²) in [4.78, 5) is 10.3. The van der Waals surface area contributed by atoms with Gasteiger partial charge in [-0.25, -0.2) is 23.4 Å². The minimum Gasteiger partial charge on any atom is -0.454 e. The lowest BCUT2D eigenvalue weighted by atomic mass is 10.1. The van der Waals surface area contributed by atoms with Crippen LogP contribution < -0.4 is 10.5 Å². The molecule has 8 nitrogen and oxygen atoms in total. The lowest BCUT2D eigenvalue weighted by Gasteiger charge is -2.28. The van der Waals surface area contributed by atoms with E-state index in [2.05, 4.69) is 16.2 Å². The Balaban J connectivity index is 1.50. The summed E-state index contributed by atoms with van der Waals surface area (Å²) in [6, 6.07) is 10.0. The molecule has 1 unspecified atom stereocenters. The first-order chi connectivity index (χ1) is 16.0. The van der Waals surface area contributed by atoms with Crippen LogP contribution >= 0.6 is 0 Å². The fraction of sp³-hybridized carbons (Fsp3) is 0.217. The highest BCUT2D eigenvalue weighted by Crippen LogP contribution is 2.35. The third kappa shape index (κ3) is 3.89. The summed E-state index contributed by atoms with van der Waals surface area (Å²) in [5.41, 5.74) is 8.15. The second-order valence-electron chi connectivity index (χ2n) is 7.79. The van der Waals surface area contributed by atoms with Gasteiger partial charge < -0.3 is 15.4 Å². The summed E-state index contributed by atoms with van der Waals surface area (Å²) in [7, 11) is 0. The number of halogens is 2. The zero-order valence-corrected chi connectivity index (χ0v) is 17.4. The van der Waals surface area contributed by atoms with Crippen LogP contribution in [0.5, 0.6) is 11.5 Å². The van der Waals surface area contributed by atoms with Crippen molar-refractivity contribution in [1.29, 1.82) is 5.26 Å². The van der Waals surface area contributed by atoms with Crippen LogP contribution in [0.3, 0.4) is 0 Å². The third-order valence-corrected chi connectivity index (χ3v) is 5.65. The van der Waals surface area contributed by atoms with E-state index in [-0.39, 0.29) is 11.8 Å². The number of nitrogens with zero attached hydrogens (tertiary/aromatic N) is 6. The monoisotopic (exact) mass is 447 g/mol. The van der Waals surface area contributed by atoms with Crippen molar-refractivity contribution in [2.45, 2.75) is 18.9 Å². The fourth-order valence-corrected chi connectivity index (χ4v) is 4.06. The van der Waals surface area contributed by atoms with Crippen LogP contribution in [-0.2, 0) is 0 Å². The zero-order valence-electron chi connectivity index (χ0n) is 17.4. The zero-order chi connectivity index (χ0) is 22.9. The van der Waals surface area contributed by atoms with Crippen molar-refractivity contribution in [3.8, 4) is 28.9 Å². The number of hydrogen-bond acceptors (Lipinski definition) is 7. The molecule has 0 bridgehead atoms. The van der Waals surface area contributed by atoms with Crippen molar-refractivity contribution in [2.75, 3.05) is 18.8 Å². The van der Waals surface area contributed by atoms with Gasteiger partial charge in [0, 0.05) is 18.2 Å². The van der Waals surface area contributed by atoms with Gasteiger partial charge in [-0.3, -0.25) is 0 Å². The molecule has 3 heterocycles. The van der Waals surface area contributed by atoms with Gasteiger partial charge >= 0.3 is 0 Å². The maximum atomic E-state index is 13.9. The number of benzene rings is 2. The van der Waals surface area contributed by atoms with E-state index in [1.54, 1.807) is 29.2 Å². The fourth-order valence-electron chi connectivity index (χ4n) is 4.06. The lowest BCUT2D eigenvalue weighted by molar-refractivity contribution is 0.236. The minimum atomic E-state index is -0.785. The van der Waals surface area contributed by atoms with Crippen LogP contribution in [0.2, 0.25) is 0 Å². The standard InChI is InChI=1S/C23H19F2N7O/c24-15-5-8-19(18(25)10-15)33-17-6-3-14(4-7-17)21-20-22(27)28-13-29-23(20)32(30-21)16-2-1-9-31(11-16)12-26/h3-8,10,13,16H,1-2,9,11H2,(H2,27,28,29). The number of hydrogen-bond donors (Lipinski definition) is 1. The Bertz CT molecular complexity index is 1360. The molecule has 2 aromatic carbocycles. The number of ether oxygens (including phenoxy) is 1. The summed E-state index contributed by atoms with van der Waals surface area (Å²) in [6.07, 6.45) is 5.36. The number of likely N-dealkylation sites (tertiary alicyclic amines) is 1. The molecule has 4 aromatic rings. The van der Waals surface area contributed by atoms with E-state index < -0.39 is 11.6 Å². The Kier molecular flexibility index (Phi) is 5.22. The number of nitriles is 1. The van der Waals surface area contributed by atoms with E-state index >= 15 is 0 Å². The van der Waals surface area contributed by atoms with Crippen LogP contribution in [-0.4, -0.2) is 37.7 Å². The number of fused-ring (bicyclic) bond motifs is 1.